The molecule has 0 saturated heterocycles. The van der Waals surface area contributed by atoms with Crippen molar-refractivity contribution >= 4 is 17.0 Å². The lowest BCUT2D eigenvalue weighted by Crippen LogP contribution is -2.30. The number of nitrogens with two attached hydrogens (primary N) is 2. The molecule has 2 aromatic rings. The summed E-state index contributed by atoms with van der Waals surface area (Å²) in [7, 11) is 1.55. The molecule has 134 valence electrons. The number of H-pyrrole nitrogens is 2. The van der Waals surface area contributed by atoms with E-state index in [1.807, 2.05) is 20.8 Å². The number of hydrogen-bond donors (Lipinski definition) is 4. The molecule has 24 heavy (non-hydrogen) atoms. The van der Waals surface area contributed by atoms with Crippen molar-refractivity contribution in [3.05, 3.63) is 16.9 Å². The average molecular weight is 357 g/mol. The number of ether oxygens (including phenoxy) is 2. The van der Waals surface area contributed by atoms with Crippen molar-refractivity contribution in [1.82, 2.24) is 18.7 Å². The van der Waals surface area contributed by atoms with Gasteiger partial charge in [-0.3, -0.25) is 4.99 Å². The molecule has 6 N–H and O–H groups in total. The molecule has 0 spiro atoms. The third-order valence-electron chi connectivity index (χ3n) is 3.27. The molecule has 2 atom stereocenters. The van der Waals surface area contributed by atoms with Gasteiger partial charge in [-0.15, -0.1) is 4.37 Å². The van der Waals surface area contributed by atoms with Crippen LogP contribution < -0.4 is 21.7 Å². The Morgan fingerprint density at radius 1 is 1.46 bits per heavy atom. The quantitative estimate of drug-likeness (QED) is 0.504. The molecule has 0 amide bonds. The summed E-state index contributed by atoms with van der Waals surface area (Å²) in [6.07, 6.45) is -0.333. The second-order valence-corrected chi connectivity index (χ2v) is 6.81. The highest BCUT2D eigenvalue weighted by Gasteiger charge is 2.22. The summed E-state index contributed by atoms with van der Waals surface area (Å²) in [6.45, 7) is 6.13. The molecule has 11 heteroatoms. The smallest absolute Gasteiger partial charge is 0.294 e. The van der Waals surface area contributed by atoms with Crippen molar-refractivity contribution in [2.45, 2.75) is 32.4 Å². The number of imidazole rings is 1. The van der Waals surface area contributed by atoms with Gasteiger partial charge in [-0.2, -0.15) is 4.98 Å². The molecular formula is C13H23N7O3S. The van der Waals surface area contributed by atoms with Crippen LogP contribution in [0.3, 0.4) is 0 Å². The summed E-state index contributed by atoms with van der Waals surface area (Å²) in [4.78, 5) is 11.6. The number of methoxy groups -OCH3 is 1. The zero-order valence-electron chi connectivity index (χ0n) is 14.1. The Bertz CT molecular complexity index is 744. The van der Waals surface area contributed by atoms with Crippen molar-refractivity contribution in [1.29, 1.82) is 0 Å². The third kappa shape index (κ3) is 4.54. The summed E-state index contributed by atoms with van der Waals surface area (Å²) in [5.74, 6) is 0.112. The number of rotatable bonds is 7. The highest BCUT2D eigenvalue weighted by Crippen LogP contribution is 2.21. The van der Waals surface area contributed by atoms with Crippen molar-refractivity contribution in [3.63, 3.8) is 0 Å². The Morgan fingerprint density at radius 2 is 2.17 bits per heavy atom. The highest BCUT2D eigenvalue weighted by molar-refractivity contribution is 7.13. The first-order valence-corrected chi connectivity index (χ1v) is 8.40. The van der Waals surface area contributed by atoms with Crippen molar-refractivity contribution < 1.29 is 14.0 Å². The molecule has 2 aromatic heterocycles. The Balaban J connectivity index is 1.99. The van der Waals surface area contributed by atoms with Crippen LogP contribution in [0.1, 0.15) is 25.2 Å². The molecule has 2 unspecified atom stereocenters. The van der Waals surface area contributed by atoms with E-state index in [1.54, 1.807) is 7.11 Å². The Morgan fingerprint density at radius 3 is 2.67 bits per heavy atom. The fourth-order valence-corrected chi connectivity index (χ4v) is 2.74. The van der Waals surface area contributed by atoms with Gasteiger partial charge in [-0.1, -0.05) is 0 Å². The Kier molecular flexibility index (Phi) is 5.59. The van der Waals surface area contributed by atoms with Gasteiger partial charge in [0.05, 0.1) is 17.8 Å². The fraction of sp³-hybridized carbons (Fsp3) is 0.615. The monoisotopic (exact) mass is 357 g/mol. The molecule has 0 aliphatic rings. The number of nitrogens with one attached hydrogen (secondary N) is 2. The minimum atomic E-state index is -1.56. The van der Waals surface area contributed by atoms with E-state index >= 15 is 0 Å². The van der Waals surface area contributed by atoms with Crippen LogP contribution in [-0.4, -0.2) is 49.6 Å². The van der Waals surface area contributed by atoms with E-state index in [9.17, 15) is 4.55 Å². The average Bonchev–Trinajstić information content (AvgIpc) is 3.01. The summed E-state index contributed by atoms with van der Waals surface area (Å²) >= 11 is -1.56. The number of nitrogens with zero attached hydrogens (tertiary/aromatic N) is 3. The van der Waals surface area contributed by atoms with Crippen LogP contribution in [-0.2, 0) is 10.3 Å². The molecule has 0 aliphatic carbocycles. The second-order valence-electron chi connectivity index (χ2n) is 5.92. The summed E-state index contributed by atoms with van der Waals surface area (Å²) in [6, 6.07) is 0.372. The molecule has 0 fully saturated rings. The van der Waals surface area contributed by atoms with Crippen LogP contribution in [0.4, 0.5) is 5.82 Å². The fourth-order valence-electron chi connectivity index (χ4n) is 2.09. The lowest BCUT2D eigenvalue weighted by atomic mass is 10.0. The van der Waals surface area contributed by atoms with E-state index < -0.39 is 16.7 Å². The number of aryl methyl sites for hydroxylation is 1. The molecule has 0 bridgehead atoms. The number of anilines is 1. The zero-order chi connectivity index (χ0) is 17.9. The van der Waals surface area contributed by atoms with Crippen molar-refractivity contribution in [2.75, 3.05) is 26.0 Å². The topological polar surface area (TPSA) is 163 Å². The lowest BCUT2D eigenvalue weighted by molar-refractivity contribution is 0.0609. The number of nitrogen functional groups attached to an aromatic ring is 1. The van der Waals surface area contributed by atoms with Crippen molar-refractivity contribution in [3.8, 4) is 6.01 Å². The summed E-state index contributed by atoms with van der Waals surface area (Å²) < 4.78 is 28.3. The maximum atomic E-state index is 11.2. The van der Waals surface area contributed by atoms with Gasteiger partial charge in [-0.05, 0) is 20.8 Å². The van der Waals surface area contributed by atoms with Gasteiger partial charge in [0, 0.05) is 17.2 Å². The van der Waals surface area contributed by atoms with Crippen LogP contribution >= 0.6 is 11.1 Å². The standard InChI is InChI=1S/C13H23N7O3S/c1-7-9(13(2,3)15)18-12(17-7)23-6-8(22-4)5-16-11-10(14)19-24(21)20-11/h8H,5-6,15H2,1-4H3,(H2,14,19)(H,16,20)(H,17,18). The number of aromatic nitrogens is 4. The van der Waals surface area contributed by atoms with Gasteiger partial charge >= 0.3 is 0 Å². The van der Waals surface area contributed by atoms with Crippen LogP contribution in [0.5, 0.6) is 6.01 Å². The van der Waals surface area contributed by atoms with Crippen LogP contribution in [0, 0.1) is 6.92 Å². The number of aromatic amines is 2. The normalized spacial score (nSPS) is 14.9. The highest BCUT2D eigenvalue weighted by atomic mass is 32.2. The predicted octanol–water partition coefficient (Wildman–Crippen LogP) is -0.0605. The molecule has 10 nitrogen and oxygen atoms in total. The molecule has 2 heterocycles. The summed E-state index contributed by atoms with van der Waals surface area (Å²) in [5, 5.41) is 0. The Hall–Kier alpha value is -1.95. The van der Waals surface area contributed by atoms with E-state index in [4.69, 9.17) is 20.9 Å². The van der Waals surface area contributed by atoms with Gasteiger partial charge in [0.2, 0.25) is 11.3 Å². The maximum Gasteiger partial charge on any atom is 0.294 e. The first kappa shape index (κ1) is 18.4. The van der Waals surface area contributed by atoms with Gasteiger partial charge in [-0.25, -0.2) is 0 Å². The van der Waals surface area contributed by atoms with Gasteiger partial charge in [0.25, 0.3) is 6.01 Å². The second kappa shape index (κ2) is 7.30. The van der Waals surface area contributed by atoms with E-state index in [1.165, 1.54) is 0 Å². The van der Waals surface area contributed by atoms with E-state index in [-0.39, 0.29) is 30.6 Å². The van der Waals surface area contributed by atoms with Gasteiger partial charge < -0.3 is 30.5 Å². The maximum absolute atomic E-state index is 11.2. The third-order valence-corrected chi connectivity index (χ3v) is 4.00. The van der Waals surface area contributed by atoms with Crippen LogP contribution in [0.15, 0.2) is 4.99 Å². The molecule has 0 aromatic carbocycles. The first-order valence-electron chi connectivity index (χ1n) is 7.29. The zero-order valence-corrected chi connectivity index (χ0v) is 14.9. The largest absolute Gasteiger partial charge is 0.548 e. The van der Waals surface area contributed by atoms with Crippen molar-refractivity contribution in [2.24, 2.45) is 10.7 Å². The first-order chi connectivity index (χ1) is 11.2. The molecule has 2 rings (SSSR count). The van der Waals surface area contributed by atoms with Gasteiger partial charge in [0.15, 0.2) is 11.1 Å². The van der Waals surface area contributed by atoms with E-state index in [2.05, 4.69) is 23.7 Å². The van der Waals surface area contributed by atoms with E-state index in [0.29, 0.717) is 6.01 Å². The molecule has 0 aliphatic heterocycles. The van der Waals surface area contributed by atoms with Gasteiger partial charge in [0.1, 0.15) is 12.7 Å². The van der Waals surface area contributed by atoms with E-state index in [0.717, 1.165) is 11.4 Å². The van der Waals surface area contributed by atoms with Crippen LogP contribution in [0.25, 0.3) is 0 Å². The molecule has 0 radical (unpaired) electrons. The molecule has 0 saturated carbocycles. The number of hydrogen-bond acceptors (Lipinski definition) is 8. The lowest BCUT2D eigenvalue weighted by Gasteiger charge is -2.16. The van der Waals surface area contributed by atoms with Crippen LogP contribution in [0.2, 0.25) is 0 Å². The minimum Gasteiger partial charge on any atom is -0.548 e. The molecular weight excluding hydrogens is 334 g/mol. The summed E-state index contributed by atoms with van der Waals surface area (Å²) in [5.41, 5.74) is 13.0. The minimum absolute atomic E-state index is 0.112. The Labute approximate surface area is 142 Å². The SMILES string of the molecule is COC(CN=c1[nH][s+]([O-])nc1N)COc1nc(C(C)(C)N)c(C)[nH]1. The predicted molar refractivity (Wildman–Crippen MR) is 88.9 cm³/mol.